The van der Waals surface area contributed by atoms with Crippen LogP contribution in [0.3, 0.4) is 0 Å². The molecule has 1 rings (SSSR count). The molecule has 2 nitrogen and oxygen atoms in total. The third-order valence-corrected chi connectivity index (χ3v) is 2.09. The number of nitrogens with zero attached hydrogens (tertiary/aromatic N) is 1. The Morgan fingerprint density at radius 3 is 3.00 bits per heavy atom. The van der Waals surface area contributed by atoms with Crippen LogP contribution in [0, 0.1) is 0 Å². The number of aryl methyl sites for hydroxylation is 1. The van der Waals surface area contributed by atoms with Crippen LogP contribution in [0.1, 0.15) is 19.8 Å². The summed E-state index contributed by atoms with van der Waals surface area (Å²) in [6.45, 7) is 3.00. The summed E-state index contributed by atoms with van der Waals surface area (Å²) in [6.07, 6.45) is 4.08. The minimum Gasteiger partial charge on any atom is -0.306 e. The number of hydrogen-bond donors (Lipinski definition) is 0. The summed E-state index contributed by atoms with van der Waals surface area (Å²) in [4.78, 5) is 11.1. The molecular weight excluding hydrogens is 146 g/mol. The molecule has 0 spiro atoms. The van der Waals surface area contributed by atoms with Crippen molar-refractivity contribution in [1.29, 1.82) is 0 Å². The maximum absolute atomic E-state index is 10.9. The van der Waals surface area contributed by atoms with E-state index < -0.39 is 0 Å². The third kappa shape index (κ3) is 1.70. The summed E-state index contributed by atoms with van der Waals surface area (Å²) in [6, 6.07) is 0. The highest BCUT2D eigenvalue weighted by Gasteiger charge is 1.92. The lowest BCUT2D eigenvalue weighted by molar-refractivity contribution is 0.624. The van der Waals surface area contributed by atoms with Gasteiger partial charge in [0.1, 0.15) is 0 Å². The van der Waals surface area contributed by atoms with Gasteiger partial charge in [0.05, 0.1) is 0 Å². The SMILES string of the molecule is CCCCn1ccsc1=O. The minimum atomic E-state index is 0.161. The summed E-state index contributed by atoms with van der Waals surface area (Å²) >= 11 is 1.26. The van der Waals surface area contributed by atoms with Crippen LogP contribution in [0.4, 0.5) is 0 Å². The van der Waals surface area contributed by atoms with Gasteiger partial charge in [-0.25, -0.2) is 0 Å². The van der Waals surface area contributed by atoms with Crippen molar-refractivity contribution in [2.24, 2.45) is 0 Å². The van der Waals surface area contributed by atoms with Gasteiger partial charge in [0.2, 0.25) is 0 Å². The molecule has 0 N–H and O–H groups in total. The monoisotopic (exact) mass is 157 g/mol. The lowest BCUT2D eigenvalue weighted by Gasteiger charge is -1.95. The van der Waals surface area contributed by atoms with Crippen LogP contribution in [-0.2, 0) is 6.54 Å². The predicted molar refractivity (Wildman–Crippen MR) is 43.5 cm³/mol. The molecule has 0 radical (unpaired) electrons. The molecule has 0 bridgehead atoms. The standard InChI is InChI=1S/C7H11NOS/c1-2-3-4-8-5-6-10-7(8)9/h5-6H,2-4H2,1H3. The third-order valence-electron chi connectivity index (χ3n) is 1.40. The van der Waals surface area contributed by atoms with Gasteiger partial charge >= 0.3 is 4.87 Å². The van der Waals surface area contributed by atoms with E-state index in [1.807, 2.05) is 11.6 Å². The van der Waals surface area contributed by atoms with Crippen LogP contribution < -0.4 is 4.87 Å². The zero-order valence-electron chi connectivity index (χ0n) is 6.04. The first-order valence-corrected chi connectivity index (χ1v) is 4.36. The molecule has 1 heterocycles. The summed E-state index contributed by atoms with van der Waals surface area (Å²) < 4.78 is 1.76. The van der Waals surface area contributed by atoms with E-state index in [4.69, 9.17) is 0 Å². The minimum absolute atomic E-state index is 0.161. The Bertz CT molecular complexity index is 238. The van der Waals surface area contributed by atoms with Crippen molar-refractivity contribution >= 4 is 11.3 Å². The zero-order chi connectivity index (χ0) is 7.40. The Balaban J connectivity index is 2.57. The van der Waals surface area contributed by atoms with Gasteiger partial charge in [-0.2, -0.15) is 0 Å². The van der Waals surface area contributed by atoms with Crippen LogP contribution in [0.5, 0.6) is 0 Å². The van der Waals surface area contributed by atoms with Gasteiger partial charge in [-0.1, -0.05) is 24.7 Å². The van der Waals surface area contributed by atoms with Crippen molar-refractivity contribution in [2.75, 3.05) is 0 Å². The highest BCUT2D eigenvalue weighted by Crippen LogP contribution is 1.93. The molecule has 0 aliphatic carbocycles. The summed E-state index contributed by atoms with van der Waals surface area (Å²) in [7, 11) is 0. The van der Waals surface area contributed by atoms with Crippen LogP contribution in [0.15, 0.2) is 16.4 Å². The van der Waals surface area contributed by atoms with Gasteiger partial charge in [-0.15, -0.1) is 0 Å². The van der Waals surface area contributed by atoms with Crippen molar-refractivity contribution in [3.05, 3.63) is 21.2 Å². The Hall–Kier alpha value is -0.570. The van der Waals surface area contributed by atoms with Gasteiger partial charge in [0, 0.05) is 18.1 Å². The molecule has 3 heteroatoms. The molecule has 0 aliphatic heterocycles. The van der Waals surface area contributed by atoms with Crippen molar-refractivity contribution in [3.63, 3.8) is 0 Å². The van der Waals surface area contributed by atoms with E-state index in [0.717, 1.165) is 19.4 Å². The number of unbranched alkanes of at least 4 members (excludes halogenated alkanes) is 1. The van der Waals surface area contributed by atoms with E-state index in [1.165, 1.54) is 11.3 Å². The van der Waals surface area contributed by atoms with E-state index in [-0.39, 0.29) is 4.87 Å². The van der Waals surface area contributed by atoms with Crippen molar-refractivity contribution in [3.8, 4) is 0 Å². The first-order valence-electron chi connectivity index (χ1n) is 3.48. The first kappa shape index (κ1) is 7.54. The highest BCUT2D eigenvalue weighted by molar-refractivity contribution is 7.07. The lowest BCUT2D eigenvalue weighted by atomic mass is 10.3. The summed E-state index contributed by atoms with van der Waals surface area (Å²) in [5.41, 5.74) is 0. The predicted octanol–water partition coefficient (Wildman–Crippen LogP) is 1.71. The molecule has 10 heavy (non-hydrogen) atoms. The fourth-order valence-electron chi connectivity index (χ4n) is 0.785. The first-order chi connectivity index (χ1) is 4.84. The number of thiazole rings is 1. The quantitative estimate of drug-likeness (QED) is 0.654. The molecule has 0 saturated carbocycles. The molecule has 56 valence electrons. The van der Waals surface area contributed by atoms with Crippen LogP contribution in [-0.4, -0.2) is 4.57 Å². The van der Waals surface area contributed by atoms with E-state index >= 15 is 0 Å². The van der Waals surface area contributed by atoms with E-state index in [1.54, 1.807) is 4.57 Å². The number of hydrogen-bond acceptors (Lipinski definition) is 2. The molecular formula is C7H11NOS. The molecule has 0 aromatic carbocycles. The molecule has 1 aromatic rings. The number of rotatable bonds is 3. The average Bonchev–Trinajstić information content (AvgIpc) is 2.31. The second kappa shape index (κ2) is 3.56. The van der Waals surface area contributed by atoms with Crippen LogP contribution >= 0.6 is 11.3 Å². The lowest BCUT2D eigenvalue weighted by Crippen LogP contribution is -2.11. The van der Waals surface area contributed by atoms with E-state index in [0.29, 0.717) is 0 Å². The average molecular weight is 157 g/mol. The molecule has 0 amide bonds. The summed E-state index contributed by atoms with van der Waals surface area (Å²) in [5, 5.41) is 1.83. The van der Waals surface area contributed by atoms with E-state index in [2.05, 4.69) is 6.92 Å². The molecule has 0 unspecified atom stereocenters. The van der Waals surface area contributed by atoms with E-state index in [9.17, 15) is 4.79 Å². The smallest absolute Gasteiger partial charge is 0.306 e. The Kier molecular flexibility index (Phi) is 2.68. The maximum atomic E-state index is 10.9. The second-order valence-electron chi connectivity index (χ2n) is 2.22. The fraction of sp³-hybridized carbons (Fsp3) is 0.571. The summed E-state index contributed by atoms with van der Waals surface area (Å²) in [5.74, 6) is 0. The van der Waals surface area contributed by atoms with Gasteiger partial charge < -0.3 is 4.57 Å². The molecule has 0 saturated heterocycles. The Morgan fingerprint density at radius 1 is 1.70 bits per heavy atom. The number of aromatic nitrogens is 1. The molecule has 0 atom stereocenters. The Morgan fingerprint density at radius 2 is 2.50 bits per heavy atom. The molecule has 0 aliphatic rings. The highest BCUT2D eigenvalue weighted by atomic mass is 32.1. The van der Waals surface area contributed by atoms with Gasteiger partial charge in [0.15, 0.2) is 0 Å². The fourth-order valence-corrected chi connectivity index (χ4v) is 1.40. The molecule has 0 fully saturated rings. The normalized spacial score (nSPS) is 10.1. The largest absolute Gasteiger partial charge is 0.307 e. The van der Waals surface area contributed by atoms with Gasteiger partial charge in [-0.05, 0) is 6.42 Å². The van der Waals surface area contributed by atoms with Crippen molar-refractivity contribution in [1.82, 2.24) is 4.57 Å². The van der Waals surface area contributed by atoms with Crippen molar-refractivity contribution in [2.45, 2.75) is 26.3 Å². The van der Waals surface area contributed by atoms with Gasteiger partial charge in [0.25, 0.3) is 0 Å². The molecule has 1 aromatic heterocycles. The van der Waals surface area contributed by atoms with Crippen LogP contribution in [0.2, 0.25) is 0 Å². The van der Waals surface area contributed by atoms with Crippen molar-refractivity contribution < 1.29 is 0 Å². The topological polar surface area (TPSA) is 22.0 Å². The van der Waals surface area contributed by atoms with Gasteiger partial charge in [-0.3, -0.25) is 4.79 Å². The zero-order valence-corrected chi connectivity index (χ0v) is 6.86. The maximum Gasteiger partial charge on any atom is 0.307 e. The second-order valence-corrected chi connectivity index (χ2v) is 3.07. The van der Waals surface area contributed by atoms with Crippen LogP contribution in [0.25, 0.3) is 0 Å². The Labute approximate surface area is 64.1 Å².